The molecule has 0 bridgehead atoms. The van der Waals surface area contributed by atoms with Gasteiger partial charge >= 0.3 is 0 Å². The molecule has 5 heteroatoms. The molecular weight excluding hydrogens is 318 g/mol. The molecule has 0 fully saturated rings. The van der Waals surface area contributed by atoms with Crippen LogP contribution in [0.2, 0.25) is 0 Å². The molecule has 130 valence electrons. The number of ether oxygens (including phenoxy) is 1. The summed E-state index contributed by atoms with van der Waals surface area (Å²) in [7, 11) is 1.49. The van der Waals surface area contributed by atoms with Crippen molar-refractivity contribution in [2.45, 2.75) is 13.3 Å². The van der Waals surface area contributed by atoms with Crippen molar-refractivity contribution in [2.24, 2.45) is 0 Å². The number of hydrogen-bond donors (Lipinski definition) is 2. The van der Waals surface area contributed by atoms with Crippen LogP contribution in [0, 0.1) is 6.92 Å². The van der Waals surface area contributed by atoms with Gasteiger partial charge in [0.15, 0.2) is 5.78 Å². The molecule has 1 aliphatic rings. The van der Waals surface area contributed by atoms with Gasteiger partial charge in [0.2, 0.25) is 0 Å². The van der Waals surface area contributed by atoms with E-state index >= 15 is 0 Å². The van der Waals surface area contributed by atoms with Crippen molar-refractivity contribution in [3.63, 3.8) is 0 Å². The number of methoxy groups -OCH3 is 1. The zero-order chi connectivity index (χ0) is 17.8. The molecule has 0 unspecified atom stereocenters. The van der Waals surface area contributed by atoms with Gasteiger partial charge in [0.25, 0.3) is 0 Å². The van der Waals surface area contributed by atoms with Crippen molar-refractivity contribution < 1.29 is 19.1 Å². The van der Waals surface area contributed by atoms with Gasteiger partial charge in [-0.1, -0.05) is 6.08 Å². The van der Waals surface area contributed by atoms with E-state index in [0.29, 0.717) is 11.5 Å². The number of ketones is 1. The lowest BCUT2D eigenvalue weighted by atomic mass is 9.91. The van der Waals surface area contributed by atoms with Gasteiger partial charge in [0, 0.05) is 12.1 Å². The van der Waals surface area contributed by atoms with Crippen molar-refractivity contribution in [3.05, 3.63) is 59.1 Å². The van der Waals surface area contributed by atoms with Gasteiger partial charge in [0.05, 0.1) is 13.4 Å². The molecule has 1 aromatic heterocycles. The van der Waals surface area contributed by atoms with Crippen LogP contribution in [-0.2, 0) is 0 Å². The fourth-order valence-electron chi connectivity index (χ4n) is 3.05. The van der Waals surface area contributed by atoms with Crippen molar-refractivity contribution in [2.75, 3.05) is 20.2 Å². The zero-order valence-electron chi connectivity index (χ0n) is 14.3. The molecule has 2 heterocycles. The summed E-state index contributed by atoms with van der Waals surface area (Å²) in [4.78, 5) is 12.7. The summed E-state index contributed by atoms with van der Waals surface area (Å²) in [5, 5.41) is 14.1. The Morgan fingerprint density at radius 1 is 1.44 bits per heavy atom. The molecule has 1 aromatic carbocycles. The van der Waals surface area contributed by atoms with E-state index in [4.69, 9.17) is 9.15 Å². The minimum absolute atomic E-state index is 0.0286. The predicted octanol–water partition coefficient (Wildman–Crippen LogP) is 3.58. The smallest absolute Gasteiger partial charge is 0.193 e. The lowest BCUT2D eigenvalue weighted by Gasteiger charge is -2.20. The highest BCUT2D eigenvalue weighted by atomic mass is 16.5. The van der Waals surface area contributed by atoms with Gasteiger partial charge in [-0.25, -0.2) is 0 Å². The Bertz CT molecular complexity index is 832. The summed E-state index contributed by atoms with van der Waals surface area (Å²) in [6.07, 6.45) is 7.34. The normalized spacial score (nSPS) is 14.6. The number of aryl methyl sites for hydroxylation is 1. The first kappa shape index (κ1) is 17.0. The third-order valence-electron chi connectivity index (χ3n) is 4.26. The molecule has 3 rings (SSSR count). The Labute approximate surface area is 146 Å². The second kappa shape index (κ2) is 7.40. The Balaban J connectivity index is 2.05. The maximum absolute atomic E-state index is 12.7. The summed E-state index contributed by atoms with van der Waals surface area (Å²) in [6.45, 7) is 3.51. The van der Waals surface area contributed by atoms with Crippen molar-refractivity contribution in [3.8, 4) is 11.5 Å². The van der Waals surface area contributed by atoms with E-state index in [2.05, 4.69) is 5.32 Å². The second-order valence-corrected chi connectivity index (χ2v) is 5.89. The number of furan rings is 1. The third-order valence-corrected chi connectivity index (χ3v) is 4.26. The Kier molecular flexibility index (Phi) is 5.05. The molecule has 0 saturated heterocycles. The number of hydrogen-bond acceptors (Lipinski definition) is 5. The molecule has 25 heavy (non-hydrogen) atoms. The Hall–Kier alpha value is -2.79. The van der Waals surface area contributed by atoms with Crippen LogP contribution >= 0.6 is 0 Å². The SMILES string of the molecule is COc1cc(C)c(C2=CCNCC2)c(O)c1C(=O)/C=C/c1ccco1. The molecular formula is C20H21NO4. The summed E-state index contributed by atoms with van der Waals surface area (Å²) in [5.74, 6) is 0.572. The van der Waals surface area contributed by atoms with Crippen LogP contribution in [0.25, 0.3) is 11.6 Å². The Morgan fingerprint density at radius 3 is 2.92 bits per heavy atom. The van der Waals surface area contributed by atoms with Crippen molar-refractivity contribution >= 4 is 17.4 Å². The van der Waals surface area contributed by atoms with Crippen molar-refractivity contribution in [1.82, 2.24) is 5.32 Å². The molecule has 0 saturated carbocycles. The van der Waals surface area contributed by atoms with Crippen LogP contribution in [0.4, 0.5) is 0 Å². The van der Waals surface area contributed by atoms with Gasteiger partial charge in [-0.15, -0.1) is 0 Å². The summed E-state index contributed by atoms with van der Waals surface area (Å²) in [6, 6.07) is 5.29. The number of benzene rings is 1. The van der Waals surface area contributed by atoms with Crippen LogP contribution in [0.1, 0.15) is 33.7 Å². The van der Waals surface area contributed by atoms with Gasteiger partial charge < -0.3 is 19.6 Å². The average molecular weight is 339 g/mol. The highest BCUT2D eigenvalue weighted by molar-refractivity contribution is 6.11. The molecule has 5 nitrogen and oxygen atoms in total. The van der Waals surface area contributed by atoms with Gasteiger partial charge in [-0.3, -0.25) is 4.79 Å². The number of phenols is 1. The molecule has 2 N–H and O–H groups in total. The van der Waals surface area contributed by atoms with E-state index in [1.165, 1.54) is 19.4 Å². The first-order valence-corrected chi connectivity index (χ1v) is 8.18. The number of aromatic hydroxyl groups is 1. The predicted molar refractivity (Wildman–Crippen MR) is 96.9 cm³/mol. The van der Waals surface area contributed by atoms with Gasteiger partial charge in [0.1, 0.15) is 22.8 Å². The standard InChI is InChI=1S/C20H21NO4/c1-13-12-17(24-2)19(16(22)6-5-15-4-3-11-25-15)20(23)18(13)14-7-9-21-10-8-14/h3-7,11-12,21,23H,8-10H2,1-2H3/b6-5+. The minimum atomic E-state index is -0.332. The number of rotatable bonds is 5. The number of carbonyl (C=O) groups is 1. The van der Waals surface area contributed by atoms with Crippen LogP contribution in [0.5, 0.6) is 11.5 Å². The van der Waals surface area contributed by atoms with Gasteiger partial charge in [-0.2, -0.15) is 0 Å². The fourth-order valence-corrected chi connectivity index (χ4v) is 3.05. The molecule has 0 atom stereocenters. The maximum atomic E-state index is 12.7. The third kappa shape index (κ3) is 3.51. The molecule has 1 aliphatic heterocycles. The van der Waals surface area contributed by atoms with Crippen LogP contribution in [0.15, 0.2) is 41.0 Å². The molecule has 0 amide bonds. The first-order chi connectivity index (χ1) is 12.1. The van der Waals surface area contributed by atoms with E-state index in [9.17, 15) is 9.90 Å². The van der Waals surface area contributed by atoms with Crippen LogP contribution < -0.4 is 10.1 Å². The van der Waals surface area contributed by atoms with Gasteiger partial charge in [-0.05, 0) is 61.4 Å². The highest BCUT2D eigenvalue weighted by Crippen LogP contribution is 2.39. The summed E-state index contributed by atoms with van der Waals surface area (Å²) >= 11 is 0. The molecule has 2 aromatic rings. The molecule has 0 spiro atoms. The second-order valence-electron chi connectivity index (χ2n) is 5.89. The first-order valence-electron chi connectivity index (χ1n) is 8.18. The minimum Gasteiger partial charge on any atom is -0.506 e. The lowest BCUT2D eigenvalue weighted by Crippen LogP contribution is -2.20. The van der Waals surface area contributed by atoms with E-state index in [1.54, 1.807) is 24.3 Å². The highest BCUT2D eigenvalue weighted by Gasteiger charge is 2.23. The Morgan fingerprint density at radius 2 is 2.28 bits per heavy atom. The van der Waals surface area contributed by atoms with E-state index in [-0.39, 0.29) is 17.1 Å². The number of carbonyl (C=O) groups excluding carboxylic acids is 1. The van der Waals surface area contributed by atoms with E-state index in [1.807, 2.05) is 13.0 Å². The van der Waals surface area contributed by atoms with Crippen LogP contribution in [0.3, 0.4) is 0 Å². The van der Waals surface area contributed by atoms with Crippen LogP contribution in [-0.4, -0.2) is 31.1 Å². The maximum Gasteiger partial charge on any atom is 0.193 e. The lowest BCUT2D eigenvalue weighted by molar-refractivity contribution is 0.104. The zero-order valence-corrected chi connectivity index (χ0v) is 14.3. The number of allylic oxidation sites excluding steroid dienone is 1. The fraction of sp³-hybridized carbons (Fsp3) is 0.250. The topological polar surface area (TPSA) is 71.7 Å². The monoisotopic (exact) mass is 339 g/mol. The van der Waals surface area contributed by atoms with E-state index < -0.39 is 0 Å². The average Bonchev–Trinajstić information content (AvgIpc) is 3.13. The van der Waals surface area contributed by atoms with E-state index in [0.717, 1.165) is 36.2 Å². The molecule has 0 radical (unpaired) electrons. The largest absolute Gasteiger partial charge is 0.506 e. The molecule has 0 aliphatic carbocycles. The number of nitrogens with one attached hydrogen (secondary N) is 1. The summed E-state index contributed by atoms with van der Waals surface area (Å²) < 4.78 is 10.5. The number of phenolic OH excluding ortho intramolecular Hbond substituents is 1. The quantitative estimate of drug-likeness (QED) is 0.643. The van der Waals surface area contributed by atoms with Crippen molar-refractivity contribution in [1.29, 1.82) is 0 Å². The summed E-state index contributed by atoms with van der Waals surface area (Å²) in [5.41, 5.74) is 2.82.